The fraction of sp³-hybridized carbons (Fsp3) is 0.562. The summed E-state index contributed by atoms with van der Waals surface area (Å²) in [5.41, 5.74) is 0.526. The van der Waals surface area contributed by atoms with Crippen LogP contribution in [0.25, 0.3) is 0 Å². The van der Waals surface area contributed by atoms with Crippen LogP contribution in [-0.2, 0) is 10.0 Å². The van der Waals surface area contributed by atoms with Crippen LogP contribution in [0.4, 0.5) is 5.69 Å². The van der Waals surface area contributed by atoms with Crippen molar-refractivity contribution in [3.05, 3.63) is 18.2 Å². The first-order chi connectivity index (χ1) is 11.9. The molecule has 0 heterocycles. The third-order valence-electron chi connectivity index (χ3n) is 3.57. The predicted octanol–water partition coefficient (Wildman–Crippen LogP) is 2.77. The van der Waals surface area contributed by atoms with E-state index in [4.69, 9.17) is 17.0 Å². The minimum absolute atomic E-state index is 0.213. The molecule has 9 heteroatoms. The van der Waals surface area contributed by atoms with E-state index in [1.807, 2.05) is 13.8 Å². The monoisotopic (exact) mass is 405 g/mol. The normalized spacial score (nSPS) is 11.4. The molecule has 0 fully saturated rings. The molecule has 142 valence electrons. The van der Waals surface area contributed by atoms with E-state index in [0.717, 1.165) is 18.7 Å². The SMILES string of the molecule is CCN(CC)S(=O)(=O)c1ccc(OC)c(NC(=S)NCCCSC)c1. The molecule has 0 aliphatic rings. The van der Waals surface area contributed by atoms with Gasteiger partial charge < -0.3 is 15.4 Å². The van der Waals surface area contributed by atoms with E-state index in [9.17, 15) is 8.42 Å². The number of methoxy groups -OCH3 is 1. The summed E-state index contributed by atoms with van der Waals surface area (Å²) in [4.78, 5) is 0.213. The van der Waals surface area contributed by atoms with Gasteiger partial charge in [0.25, 0.3) is 0 Å². The summed E-state index contributed by atoms with van der Waals surface area (Å²) >= 11 is 7.06. The zero-order chi connectivity index (χ0) is 18.9. The highest BCUT2D eigenvalue weighted by Gasteiger charge is 2.23. The fourth-order valence-electron chi connectivity index (χ4n) is 2.24. The van der Waals surface area contributed by atoms with Gasteiger partial charge in [-0.05, 0) is 48.8 Å². The molecule has 0 spiro atoms. The van der Waals surface area contributed by atoms with Gasteiger partial charge in [-0.15, -0.1) is 0 Å². The van der Waals surface area contributed by atoms with E-state index in [1.165, 1.54) is 11.4 Å². The standard InChI is InChI=1S/C16H27N3O3S3/c1-5-19(6-2)25(20,21)13-8-9-15(22-3)14(12-13)18-16(23)17-10-7-11-24-4/h8-9,12H,5-7,10-11H2,1-4H3,(H2,17,18,23). The molecule has 0 aliphatic carbocycles. The Kier molecular flexibility index (Phi) is 9.55. The minimum Gasteiger partial charge on any atom is -0.495 e. The van der Waals surface area contributed by atoms with Crippen LogP contribution in [0.3, 0.4) is 0 Å². The Morgan fingerprint density at radius 2 is 2.00 bits per heavy atom. The fourth-order valence-corrected chi connectivity index (χ4v) is 4.37. The van der Waals surface area contributed by atoms with E-state index in [-0.39, 0.29) is 4.90 Å². The van der Waals surface area contributed by atoms with Crippen LogP contribution in [0.15, 0.2) is 23.1 Å². The molecule has 1 aromatic carbocycles. The van der Waals surface area contributed by atoms with Crippen LogP contribution < -0.4 is 15.4 Å². The number of nitrogens with one attached hydrogen (secondary N) is 2. The average Bonchev–Trinajstić information content (AvgIpc) is 2.59. The summed E-state index contributed by atoms with van der Waals surface area (Å²) in [5.74, 6) is 1.59. The van der Waals surface area contributed by atoms with Crippen LogP contribution in [0.1, 0.15) is 20.3 Å². The lowest BCUT2D eigenvalue weighted by atomic mass is 10.3. The summed E-state index contributed by atoms with van der Waals surface area (Å²) in [6.45, 7) is 5.23. The van der Waals surface area contributed by atoms with Crippen LogP contribution >= 0.6 is 24.0 Å². The molecular formula is C16H27N3O3S3. The lowest BCUT2D eigenvalue weighted by molar-refractivity contribution is 0.416. The molecule has 25 heavy (non-hydrogen) atoms. The first kappa shape index (κ1) is 22.0. The quantitative estimate of drug-likeness (QED) is 0.458. The molecule has 0 aromatic heterocycles. The van der Waals surface area contributed by atoms with Gasteiger partial charge in [0.1, 0.15) is 5.75 Å². The van der Waals surface area contributed by atoms with Crippen molar-refractivity contribution in [2.24, 2.45) is 0 Å². The zero-order valence-corrected chi connectivity index (χ0v) is 17.6. The molecule has 0 saturated heterocycles. The van der Waals surface area contributed by atoms with E-state index < -0.39 is 10.0 Å². The van der Waals surface area contributed by atoms with Crippen molar-refractivity contribution in [2.45, 2.75) is 25.2 Å². The molecular weight excluding hydrogens is 378 g/mol. The maximum absolute atomic E-state index is 12.7. The van der Waals surface area contributed by atoms with E-state index in [2.05, 4.69) is 16.9 Å². The number of ether oxygens (including phenoxy) is 1. The summed E-state index contributed by atoms with van der Waals surface area (Å²) in [7, 11) is -2.00. The van der Waals surface area contributed by atoms with Gasteiger partial charge in [-0.2, -0.15) is 16.1 Å². The zero-order valence-electron chi connectivity index (χ0n) is 15.2. The molecule has 0 bridgehead atoms. The van der Waals surface area contributed by atoms with E-state index in [0.29, 0.717) is 29.6 Å². The Morgan fingerprint density at radius 1 is 1.32 bits per heavy atom. The number of sulfonamides is 1. The molecule has 0 unspecified atom stereocenters. The Morgan fingerprint density at radius 3 is 2.56 bits per heavy atom. The van der Waals surface area contributed by atoms with E-state index >= 15 is 0 Å². The van der Waals surface area contributed by atoms with Gasteiger partial charge in [0.05, 0.1) is 17.7 Å². The summed E-state index contributed by atoms with van der Waals surface area (Å²) in [5, 5.41) is 6.58. The molecule has 6 nitrogen and oxygen atoms in total. The maximum Gasteiger partial charge on any atom is 0.243 e. The van der Waals surface area contributed by atoms with Crippen LogP contribution in [-0.4, -0.2) is 56.6 Å². The molecule has 0 saturated carbocycles. The number of anilines is 1. The number of rotatable bonds is 10. The molecule has 0 amide bonds. The Labute approximate surface area is 160 Å². The second kappa shape index (κ2) is 10.8. The Bertz CT molecular complexity index is 662. The largest absolute Gasteiger partial charge is 0.495 e. The van der Waals surface area contributed by atoms with Crippen molar-refractivity contribution in [1.82, 2.24) is 9.62 Å². The first-order valence-corrected chi connectivity index (χ1v) is 11.4. The highest BCUT2D eigenvalue weighted by Crippen LogP contribution is 2.28. The maximum atomic E-state index is 12.7. The van der Waals surface area contributed by atoms with Crippen molar-refractivity contribution >= 4 is 44.8 Å². The summed E-state index contributed by atoms with van der Waals surface area (Å²) < 4.78 is 32.1. The lowest BCUT2D eigenvalue weighted by Gasteiger charge is -2.20. The second-order valence-corrected chi connectivity index (χ2v) is 8.51. The van der Waals surface area contributed by atoms with Gasteiger partial charge in [0.15, 0.2) is 5.11 Å². The van der Waals surface area contributed by atoms with Gasteiger partial charge in [-0.1, -0.05) is 13.8 Å². The summed E-state index contributed by atoms with van der Waals surface area (Å²) in [6, 6.07) is 4.74. The van der Waals surface area contributed by atoms with Crippen molar-refractivity contribution in [3.63, 3.8) is 0 Å². The minimum atomic E-state index is -3.54. The van der Waals surface area contributed by atoms with Crippen molar-refractivity contribution in [3.8, 4) is 5.75 Å². The Hall–Kier alpha value is -1.03. The number of hydrogen-bond acceptors (Lipinski definition) is 5. The van der Waals surface area contributed by atoms with Crippen LogP contribution in [0, 0.1) is 0 Å². The van der Waals surface area contributed by atoms with Crippen molar-refractivity contribution < 1.29 is 13.2 Å². The number of thioether (sulfide) groups is 1. The Balaban J connectivity index is 2.97. The molecule has 0 atom stereocenters. The third kappa shape index (κ3) is 6.32. The first-order valence-electron chi connectivity index (χ1n) is 8.12. The number of thiocarbonyl (C=S) groups is 1. The predicted molar refractivity (Wildman–Crippen MR) is 110 cm³/mol. The topological polar surface area (TPSA) is 70.7 Å². The molecule has 2 N–H and O–H groups in total. The molecule has 1 aromatic rings. The molecule has 0 aliphatic heterocycles. The van der Waals surface area contributed by atoms with Crippen molar-refractivity contribution in [2.75, 3.05) is 44.1 Å². The van der Waals surface area contributed by atoms with Gasteiger partial charge in [0.2, 0.25) is 10.0 Å². The van der Waals surface area contributed by atoms with Crippen molar-refractivity contribution in [1.29, 1.82) is 0 Å². The highest BCUT2D eigenvalue weighted by molar-refractivity contribution is 7.98. The number of benzene rings is 1. The number of nitrogens with zero attached hydrogens (tertiary/aromatic N) is 1. The van der Waals surface area contributed by atoms with E-state index in [1.54, 1.807) is 30.0 Å². The van der Waals surface area contributed by atoms with Gasteiger partial charge in [-0.3, -0.25) is 0 Å². The smallest absolute Gasteiger partial charge is 0.243 e. The van der Waals surface area contributed by atoms with Crippen LogP contribution in [0.5, 0.6) is 5.75 Å². The van der Waals surface area contributed by atoms with Gasteiger partial charge in [0, 0.05) is 19.6 Å². The second-order valence-electron chi connectivity index (χ2n) is 5.18. The summed E-state index contributed by atoms with van der Waals surface area (Å²) in [6.07, 6.45) is 3.06. The highest BCUT2D eigenvalue weighted by atomic mass is 32.2. The molecule has 1 rings (SSSR count). The number of hydrogen-bond donors (Lipinski definition) is 2. The average molecular weight is 406 g/mol. The molecule has 0 radical (unpaired) electrons. The van der Waals surface area contributed by atoms with Gasteiger partial charge in [-0.25, -0.2) is 8.42 Å². The van der Waals surface area contributed by atoms with Crippen LogP contribution in [0.2, 0.25) is 0 Å². The lowest BCUT2D eigenvalue weighted by Crippen LogP contribution is -2.31. The van der Waals surface area contributed by atoms with Gasteiger partial charge >= 0.3 is 0 Å². The third-order valence-corrected chi connectivity index (χ3v) is 6.56.